The summed E-state index contributed by atoms with van der Waals surface area (Å²) in [5.41, 5.74) is 6.70. The zero-order chi connectivity index (χ0) is 13.5. The number of carbonyl (C=O) groups excluding carboxylic acids is 1. The molecule has 102 valence electrons. The Morgan fingerprint density at radius 2 is 2.47 bits per heavy atom. The minimum Gasteiger partial charge on any atom is -0.342 e. The van der Waals surface area contributed by atoms with Gasteiger partial charge in [0.2, 0.25) is 5.91 Å². The summed E-state index contributed by atoms with van der Waals surface area (Å²) in [6.45, 7) is 4.36. The van der Waals surface area contributed by atoms with Gasteiger partial charge in [-0.1, -0.05) is 6.92 Å². The van der Waals surface area contributed by atoms with E-state index in [0.29, 0.717) is 13.0 Å². The van der Waals surface area contributed by atoms with Crippen molar-refractivity contribution < 1.29 is 4.79 Å². The smallest absolute Gasteiger partial charge is 0.228 e. The van der Waals surface area contributed by atoms with Gasteiger partial charge in [0.15, 0.2) is 4.96 Å². The third kappa shape index (κ3) is 2.37. The minimum absolute atomic E-state index is 0.0875. The van der Waals surface area contributed by atoms with Crippen LogP contribution in [0.1, 0.15) is 19.0 Å². The van der Waals surface area contributed by atoms with Crippen molar-refractivity contribution in [1.82, 2.24) is 14.3 Å². The quantitative estimate of drug-likeness (QED) is 0.915. The van der Waals surface area contributed by atoms with Crippen molar-refractivity contribution in [3.63, 3.8) is 0 Å². The lowest BCUT2D eigenvalue weighted by atomic mass is 9.90. The lowest BCUT2D eigenvalue weighted by Gasteiger charge is -2.22. The van der Waals surface area contributed by atoms with E-state index >= 15 is 0 Å². The van der Waals surface area contributed by atoms with Gasteiger partial charge in [-0.25, -0.2) is 4.98 Å². The number of likely N-dealkylation sites (tertiary alicyclic amines) is 1. The summed E-state index contributed by atoms with van der Waals surface area (Å²) in [6.07, 6.45) is 5.27. The van der Waals surface area contributed by atoms with Crippen LogP contribution in [0.25, 0.3) is 4.96 Å². The van der Waals surface area contributed by atoms with Gasteiger partial charge in [0.25, 0.3) is 0 Å². The van der Waals surface area contributed by atoms with Gasteiger partial charge in [0.05, 0.1) is 12.1 Å². The normalized spacial score (nSPS) is 23.4. The summed E-state index contributed by atoms with van der Waals surface area (Å²) >= 11 is 1.58. The number of rotatable bonds is 3. The molecule has 0 aromatic carbocycles. The van der Waals surface area contributed by atoms with Crippen LogP contribution in [0.2, 0.25) is 0 Å². The van der Waals surface area contributed by atoms with Crippen LogP contribution in [-0.2, 0) is 11.2 Å². The SMILES string of the molecule is CC1(CN)CCN(C(=O)Cc2cn3ccsc3n2)C1. The van der Waals surface area contributed by atoms with Gasteiger partial charge in [-0.2, -0.15) is 0 Å². The van der Waals surface area contributed by atoms with E-state index in [4.69, 9.17) is 5.73 Å². The van der Waals surface area contributed by atoms with Crippen LogP contribution in [0.5, 0.6) is 0 Å². The van der Waals surface area contributed by atoms with E-state index < -0.39 is 0 Å². The molecular weight excluding hydrogens is 260 g/mol. The lowest BCUT2D eigenvalue weighted by molar-refractivity contribution is -0.129. The molecule has 2 aromatic heterocycles. The van der Waals surface area contributed by atoms with E-state index in [0.717, 1.165) is 30.2 Å². The second kappa shape index (κ2) is 4.61. The first kappa shape index (κ1) is 12.6. The van der Waals surface area contributed by atoms with Crippen LogP contribution < -0.4 is 5.73 Å². The molecule has 0 saturated carbocycles. The number of carbonyl (C=O) groups is 1. The lowest BCUT2D eigenvalue weighted by Crippen LogP contribution is -2.35. The minimum atomic E-state index is 0.0875. The Bertz CT molecular complexity index is 576. The number of nitrogens with zero attached hydrogens (tertiary/aromatic N) is 3. The maximum atomic E-state index is 12.3. The summed E-state index contributed by atoms with van der Waals surface area (Å²) in [7, 11) is 0. The Labute approximate surface area is 116 Å². The van der Waals surface area contributed by atoms with Gasteiger partial charge >= 0.3 is 0 Å². The van der Waals surface area contributed by atoms with E-state index in [1.54, 1.807) is 11.3 Å². The molecule has 1 saturated heterocycles. The summed E-state index contributed by atoms with van der Waals surface area (Å²) < 4.78 is 1.96. The molecule has 1 atom stereocenters. The Kier molecular flexibility index (Phi) is 3.06. The molecule has 1 unspecified atom stereocenters. The highest BCUT2D eigenvalue weighted by molar-refractivity contribution is 7.15. The molecule has 5 nitrogen and oxygen atoms in total. The predicted molar refractivity (Wildman–Crippen MR) is 75.1 cm³/mol. The highest BCUT2D eigenvalue weighted by Crippen LogP contribution is 2.28. The Morgan fingerprint density at radius 3 is 3.16 bits per heavy atom. The molecule has 1 fully saturated rings. The van der Waals surface area contributed by atoms with E-state index in [1.165, 1.54) is 0 Å². The number of thiazole rings is 1. The molecule has 0 radical (unpaired) electrons. The summed E-state index contributed by atoms with van der Waals surface area (Å²) in [5, 5.41) is 1.99. The molecule has 2 aromatic rings. The fraction of sp³-hybridized carbons (Fsp3) is 0.538. The first-order chi connectivity index (χ1) is 9.09. The zero-order valence-corrected chi connectivity index (χ0v) is 11.8. The van der Waals surface area contributed by atoms with Crippen molar-refractivity contribution in [3.05, 3.63) is 23.5 Å². The zero-order valence-electron chi connectivity index (χ0n) is 11.0. The molecule has 0 spiro atoms. The first-order valence-corrected chi connectivity index (χ1v) is 7.36. The first-order valence-electron chi connectivity index (χ1n) is 6.49. The molecule has 2 N–H and O–H groups in total. The van der Waals surface area contributed by atoms with Gasteiger partial charge in [0, 0.05) is 30.9 Å². The number of hydrogen-bond donors (Lipinski definition) is 1. The summed E-state index contributed by atoms with van der Waals surface area (Å²) in [4.78, 5) is 19.6. The molecule has 0 bridgehead atoms. The van der Waals surface area contributed by atoms with Crippen LogP contribution in [-0.4, -0.2) is 39.8 Å². The van der Waals surface area contributed by atoms with Gasteiger partial charge < -0.3 is 10.6 Å². The second-order valence-electron chi connectivity index (χ2n) is 5.58. The molecule has 1 aliphatic heterocycles. The third-order valence-corrected chi connectivity index (χ3v) is 4.65. The average molecular weight is 278 g/mol. The Morgan fingerprint density at radius 1 is 1.63 bits per heavy atom. The van der Waals surface area contributed by atoms with Crippen molar-refractivity contribution in [3.8, 4) is 0 Å². The van der Waals surface area contributed by atoms with Crippen LogP contribution >= 0.6 is 11.3 Å². The maximum Gasteiger partial charge on any atom is 0.228 e. The van der Waals surface area contributed by atoms with E-state index in [2.05, 4.69) is 11.9 Å². The topological polar surface area (TPSA) is 63.6 Å². The molecule has 6 heteroatoms. The number of nitrogens with two attached hydrogens (primary N) is 1. The third-order valence-electron chi connectivity index (χ3n) is 3.88. The predicted octanol–water partition coefficient (Wildman–Crippen LogP) is 1.14. The van der Waals surface area contributed by atoms with Gasteiger partial charge in [-0.3, -0.25) is 9.20 Å². The average Bonchev–Trinajstić information content (AvgIpc) is 3.03. The van der Waals surface area contributed by atoms with E-state index in [9.17, 15) is 4.79 Å². The molecule has 1 amide bonds. The highest BCUT2D eigenvalue weighted by atomic mass is 32.1. The fourth-order valence-corrected chi connectivity index (χ4v) is 3.25. The van der Waals surface area contributed by atoms with Crippen LogP contribution in [0.3, 0.4) is 0 Å². The van der Waals surface area contributed by atoms with E-state index in [1.807, 2.05) is 27.1 Å². The van der Waals surface area contributed by atoms with Crippen molar-refractivity contribution in [2.24, 2.45) is 11.1 Å². The summed E-state index contributed by atoms with van der Waals surface area (Å²) in [6, 6.07) is 0. The number of amides is 1. The van der Waals surface area contributed by atoms with E-state index in [-0.39, 0.29) is 11.3 Å². The van der Waals surface area contributed by atoms with Crippen LogP contribution in [0.4, 0.5) is 0 Å². The van der Waals surface area contributed by atoms with Gasteiger partial charge in [-0.05, 0) is 18.4 Å². The monoisotopic (exact) mass is 278 g/mol. The van der Waals surface area contributed by atoms with Crippen molar-refractivity contribution in [2.45, 2.75) is 19.8 Å². The fourth-order valence-electron chi connectivity index (χ4n) is 2.53. The van der Waals surface area contributed by atoms with Crippen molar-refractivity contribution in [1.29, 1.82) is 0 Å². The molecular formula is C13H18N4OS. The van der Waals surface area contributed by atoms with Crippen molar-refractivity contribution >= 4 is 22.2 Å². The highest BCUT2D eigenvalue weighted by Gasteiger charge is 2.34. The molecule has 3 rings (SSSR count). The Hall–Kier alpha value is -1.40. The standard InChI is InChI=1S/C13H18N4OS/c1-13(8-14)2-3-17(9-13)11(18)6-10-7-16-4-5-19-12(16)15-10/h4-5,7H,2-3,6,8-9,14H2,1H3. The maximum absolute atomic E-state index is 12.3. The molecule has 19 heavy (non-hydrogen) atoms. The van der Waals surface area contributed by atoms with Crippen LogP contribution in [0, 0.1) is 5.41 Å². The number of aromatic nitrogens is 2. The largest absolute Gasteiger partial charge is 0.342 e. The summed E-state index contributed by atoms with van der Waals surface area (Å²) in [5.74, 6) is 0.155. The molecule has 1 aliphatic rings. The number of imidazole rings is 1. The van der Waals surface area contributed by atoms with Crippen LogP contribution in [0.15, 0.2) is 17.8 Å². The second-order valence-corrected chi connectivity index (χ2v) is 6.45. The molecule has 3 heterocycles. The molecule has 0 aliphatic carbocycles. The van der Waals surface area contributed by atoms with Gasteiger partial charge in [0.1, 0.15) is 0 Å². The Balaban J connectivity index is 1.67. The van der Waals surface area contributed by atoms with Crippen molar-refractivity contribution in [2.75, 3.05) is 19.6 Å². The number of hydrogen-bond acceptors (Lipinski definition) is 4. The van der Waals surface area contributed by atoms with Gasteiger partial charge in [-0.15, -0.1) is 11.3 Å². The number of fused-ring (bicyclic) bond motifs is 1.